The van der Waals surface area contributed by atoms with Gasteiger partial charge in [0.05, 0.1) is 11.1 Å². The molecular weight excluding hydrogens is 425 g/mol. The molecule has 0 radical (unpaired) electrons. The van der Waals surface area contributed by atoms with Gasteiger partial charge in [0.15, 0.2) is 0 Å². The Labute approximate surface area is 172 Å². The molecule has 1 aliphatic heterocycles. The van der Waals surface area contributed by atoms with E-state index in [2.05, 4.69) is 10.5 Å². The van der Waals surface area contributed by atoms with Gasteiger partial charge < -0.3 is 5.11 Å². The lowest BCUT2D eigenvalue weighted by Gasteiger charge is -2.22. The van der Waals surface area contributed by atoms with E-state index in [0.29, 0.717) is 28.5 Å². The minimum absolute atomic E-state index is 0.0461. The Hall–Kier alpha value is -2.13. The van der Waals surface area contributed by atoms with E-state index in [0.717, 1.165) is 4.31 Å². The molecule has 10 heteroatoms. The summed E-state index contributed by atoms with van der Waals surface area (Å²) in [6.07, 6.45) is 2.19. The molecule has 0 aromatic heterocycles. The Balaban J connectivity index is 1.73. The van der Waals surface area contributed by atoms with Crippen LogP contribution in [0.5, 0.6) is 5.75 Å². The second kappa shape index (κ2) is 8.48. The zero-order valence-electron chi connectivity index (χ0n) is 14.5. The summed E-state index contributed by atoms with van der Waals surface area (Å²) in [5.41, 5.74) is 2.66. The number of nitrogens with zero attached hydrogens (tertiary/aromatic N) is 2. The summed E-state index contributed by atoms with van der Waals surface area (Å²) in [5.74, 6) is -0.594. The molecule has 1 unspecified atom stereocenters. The Morgan fingerprint density at radius 2 is 1.86 bits per heavy atom. The molecule has 1 aliphatic rings. The normalized spacial score (nSPS) is 17.9. The number of hydrogen-bond acceptors (Lipinski definition) is 5. The lowest BCUT2D eigenvalue weighted by molar-refractivity contribution is -0.124. The van der Waals surface area contributed by atoms with E-state index in [1.54, 1.807) is 0 Å². The highest BCUT2D eigenvalue weighted by atomic mass is 35.5. The third-order valence-corrected chi connectivity index (χ3v) is 6.70. The Bertz CT molecular complexity index is 1010. The van der Waals surface area contributed by atoms with Crippen LogP contribution in [0.4, 0.5) is 0 Å². The van der Waals surface area contributed by atoms with Gasteiger partial charge in [-0.1, -0.05) is 23.2 Å². The number of sulfonamides is 1. The molecule has 28 heavy (non-hydrogen) atoms. The molecule has 3 rings (SSSR count). The number of halogens is 2. The SMILES string of the molecule is O=C(N/N=C\c1cc(Cl)ccc1O)C1CCCN1S(=O)(=O)c1ccc(Cl)cc1. The van der Waals surface area contributed by atoms with E-state index in [-0.39, 0.29) is 17.2 Å². The number of benzene rings is 2. The third kappa shape index (κ3) is 4.47. The quantitative estimate of drug-likeness (QED) is 0.550. The Morgan fingerprint density at radius 1 is 1.18 bits per heavy atom. The molecule has 1 heterocycles. The van der Waals surface area contributed by atoms with Crippen molar-refractivity contribution in [2.75, 3.05) is 6.54 Å². The lowest BCUT2D eigenvalue weighted by Crippen LogP contribution is -2.44. The number of phenols is 1. The van der Waals surface area contributed by atoms with Gasteiger partial charge in [0.1, 0.15) is 11.8 Å². The van der Waals surface area contributed by atoms with E-state index in [9.17, 15) is 18.3 Å². The second-order valence-corrected chi connectivity index (χ2v) is 8.93. The van der Waals surface area contributed by atoms with Crippen LogP contribution in [0.15, 0.2) is 52.5 Å². The number of carbonyl (C=O) groups excluding carboxylic acids is 1. The van der Waals surface area contributed by atoms with E-state index in [1.165, 1.54) is 48.7 Å². The van der Waals surface area contributed by atoms with Crippen molar-refractivity contribution in [2.45, 2.75) is 23.8 Å². The van der Waals surface area contributed by atoms with Gasteiger partial charge >= 0.3 is 0 Å². The van der Waals surface area contributed by atoms with Crippen LogP contribution < -0.4 is 5.43 Å². The molecule has 0 aliphatic carbocycles. The van der Waals surface area contributed by atoms with Crippen molar-refractivity contribution in [1.82, 2.24) is 9.73 Å². The molecule has 7 nitrogen and oxygen atoms in total. The van der Waals surface area contributed by atoms with Gasteiger partial charge in [0, 0.05) is 22.2 Å². The average molecular weight is 442 g/mol. The first-order valence-corrected chi connectivity index (χ1v) is 10.6. The van der Waals surface area contributed by atoms with Crippen LogP contribution in [-0.4, -0.2) is 42.5 Å². The van der Waals surface area contributed by atoms with E-state index >= 15 is 0 Å². The molecule has 1 amide bonds. The highest BCUT2D eigenvalue weighted by molar-refractivity contribution is 7.89. The molecule has 2 aromatic rings. The van der Waals surface area contributed by atoms with Crippen molar-refractivity contribution in [1.29, 1.82) is 0 Å². The maximum Gasteiger partial charge on any atom is 0.258 e. The molecule has 0 bridgehead atoms. The molecule has 1 saturated heterocycles. The summed E-state index contributed by atoms with van der Waals surface area (Å²) in [4.78, 5) is 12.6. The molecule has 2 aromatic carbocycles. The van der Waals surface area contributed by atoms with Gasteiger partial charge in [-0.3, -0.25) is 4.79 Å². The monoisotopic (exact) mass is 441 g/mol. The van der Waals surface area contributed by atoms with Gasteiger partial charge in [-0.15, -0.1) is 0 Å². The van der Waals surface area contributed by atoms with E-state index in [4.69, 9.17) is 23.2 Å². The zero-order chi connectivity index (χ0) is 20.3. The number of nitrogens with one attached hydrogen (secondary N) is 1. The smallest absolute Gasteiger partial charge is 0.258 e. The number of carbonyl (C=O) groups is 1. The average Bonchev–Trinajstić information content (AvgIpc) is 3.16. The standard InChI is InChI=1S/C18H17Cl2N3O4S/c19-13-3-6-15(7-4-13)28(26,27)23-9-1-2-16(23)18(25)22-21-11-12-10-14(20)5-8-17(12)24/h3-8,10-11,16,24H,1-2,9H2,(H,22,25)/b21-11-. The van der Waals surface area contributed by atoms with Crippen molar-refractivity contribution < 1.29 is 18.3 Å². The fraction of sp³-hybridized carbons (Fsp3) is 0.222. The predicted molar refractivity (Wildman–Crippen MR) is 107 cm³/mol. The number of phenolic OH excluding ortho intramolecular Hbond substituents is 1. The molecule has 148 valence electrons. The Kier molecular flexibility index (Phi) is 6.24. The van der Waals surface area contributed by atoms with Crippen molar-refractivity contribution >= 4 is 45.3 Å². The molecule has 1 fully saturated rings. The minimum Gasteiger partial charge on any atom is -0.507 e. The highest BCUT2D eigenvalue weighted by Gasteiger charge is 2.39. The maximum atomic E-state index is 12.9. The lowest BCUT2D eigenvalue weighted by atomic mass is 10.2. The first-order chi connectivity index (χ1) is 13.3. The number of hydrazone groups is 1. The molecule has 0 saturated carbocycles. The van der Waals surface area contributed by atoms with E-state index < -0.39 is 22.0 Å². The van der Waals surface area contributed by atoms with Gasteiger partial charge in [-0.25, -0.2) is 13.8 Å². The van der Waals surface area contributed by atoms with E-state index in [1.807, 2.05) is 0 Å². The maximum absolute atomic E-state index is 12.9. The van der Waals surface area contributed by atoms with Crippen molar-refractivity contribution in [3.05, 3.63) is 58.1 Å². The number of rotatable bonds is 5. The summed E-state index contributed by atoms with van der Waals surface area (Å²) >= 11 is 11.7. The topological polar surface area (TPSA) is 99.1 Å². The van der Waals surface area contributed by atoms with Crippen molar-refractivity contribution in [2.24, 2.45) is 5.10 Å². The van der Waals surface area contributed by atoms with Crippen molar-refractivity contribution in [3.8, 4) is 5.75 Å². The van der Waals surface area contributed by atoms with Crippen LogP contribution in [0.2, 0.25) is 10.0 Å². The third-order valence-electron chi connectivity index (χ3n) is 4.29. The summed E-state index contributed by atoms with van der Waals surface area (Å²) in [6.45, 7) is 0.238. The Morgan fingerprint density at radius 3 is 2.57 bits per heavy atom. The first-order valence-electron chi connectivity index (χ1n) is 8.38. The first kappa shape index (κ1) is 20.6. The minimum atomic E-state index is -3.83. The molecular formula is C18H17Cl2N3O4S. The van der Waals surface area contributed by atoms with Crippen LogP contribution in [0.1, 0.15) is 18.4 Å². The summed E-state index contributed by atoms with van der Waals surface area (Å²) in [5, 5.41) is 14.4. The van der Waals surface area contributed by atoms with Gasteiger partial charge in [0.2, 0.25) is 10.0 Å². The summed E-state index contributed by atoms with van der Waals surface area (Å²) in [6, 6.07) is 9.33. The summed E-state index contributed by atoms with van der Waals surface area (Å²) in [7, 11) is -3.83. The van der Waals surface area contributed by atoms with Crippen LogP contribution in [0.25, 0.3) is 0 Å². The van der Waals surface area contributed by atoms with Crippen LogP contribution >= 0.6 is 23.2 Å². The zero-order valence-corrected chi connectivity index (χ0v) is 16.9. The van der Waals surface area contributed by atoms with Gasteiger partial charge in [-0.2, -0.15) is 9.41 Å². The van der Waals surface area contributed by atoms with Gasteiger partial charge in [0.25, 0.3) is 5.91 Å². The highest BCUT2D eigenvalue weighted by Crippen LogP contribution is 2.27. The fourth-order valence-electron chi connectivity index (χ4n) is 2.90. The number of aromatic hydroxyl groups is 1. The van der Waals surface area contributed by atoms with Crippen LogP contribution in [0.3, 0.4) is 0 Å². The fourth-order valence-corrected chi connectivity index (χ4v) is 4.86. The van der Waals surface area contributed by atoms with Crippen LogP contribution in [-0.2, 0) is 14.8 Å². The van der Waals surface area contributed by atoms with Crippen molar-refractivity contribution in [3.63, 3.8) is 0 Å². The largest absolute Gasteiger partial charge is 0.507 e. The van der Waals surface area contributed by atoms with Crippen LogP contribution in [0, 0.1) is 0 Å². The second-order valence-electron chi connectivity index (χ2n) is 6.17. The molecule has 1 atom stereocenters. The predicted octanol–water partition coefficient (Wildman–Crippen LogP) is 3.00. The number of hydrogen-bond donors (Lipinski definition) is 2. The van der Waals surface area contributed by atoms with Gasteiger partial charge in [-0.05, 0) is 55.3 Å². The summed E-state index contributed by atoms with van der Waals surface area (Å²) < 4.78 is 26.9. The number of amides is 1. The molecule has 0 spiro atoms. The molecule has 2 N–H and O–H groups in total.